The van der Waals surface area contributed by atoms with Crippen LogP contribution < -0.4 is 0 Å². The van der Waals surface area contributed by atoms with Crippen LogP contribution in [0.3, 0.4) is 0 Å². The Labute approximate surface area is 336 Å². The fraction of sp³-hybridized carbons (Fsp3) is 0. The molecule has 3 nitrogen and oxygen atoms in total. The molecule has 4 heterocycles. The average molecular weight is 762 g/mol. The van der Waals surface area contributed by atoms with E-state index in [-0.39, 0.29) is 0 Å². The molecule has 0 unspecified atom stereocenters. The Morgan fingerprint density at radius 3 is 1.86 bits per heavy atom. The minimum absolute atomic E-state index is 0.930. The largest absolute Gasteiger partial charge is 0.292 e. The molecule has 57 heavy (non-hydrogen) atoms. The van der Waals surface area contributed by atoms with E-state index in [1.54, 1.807) is 0 Å². The fourth-order valence-electron chi connectivity index (χ4n) is 8.55. The average Bonchev–Trinajstić information content (AvgIpc) is 3.98. The van der Waals surface area contributed by atoms with Gasteiger partial charge in [0.2, 0.25) is 0 Å². The molecular formula is C52H31N3S2. The van der Waals surface area contributed by atoms with E-state index in [1.165, 1.54) is 56.9 Å². The Kier molecular flexibility index (Phi) is 7.27. The lowest BCUT2D eigenvalue weighted by atomic mass is 9.92. The molecule has 0 radical (unpaired) electrons. The first-order chi connectivity index (χ1) is 28.2. The number of imidazole rings is 1. The molecular weight excluding hydrogens is 731 g/mol. The summed E-state index contributed by atoms with van der Waals surface area (Å²) in [6.07, 6.45) is 0. The number of hydrogen-bond donors (Lipinski definition) is 0. The van der Waals surface area contributed by atoms with E-state index in [1.807, 2.05) is 28.7 Å². The second-order valence-corrected chi connectivity index (χ2v) is 16.6. The third-order valence-electron chi connectivity index (χ3n) is 11.2. The summed E-state index contributed by atoms with van der Waals surface area (Å²) in [6, 6.07) is 67.7. The Morgan fingerprint density at radius 1 is 0.386 bits per heavy atom. The molecule has 0 saturated carbocycles. The van der Waals surface area contributed by atoms with Crippen LogP contribution in [0.4, 0.5) is 0 Å². The molecule has 0 aliphatic carbocycles. The van der Waals surface area contributed by atoms with Crippen LogP contribution in [0.1, 0.15) is 0 Å². The summed E-state index contributed by atoms with van der Waals surface area (Å²) in [4.78, 5) is 10.6. The molecule has 8 aromatic carbocycles. The van der Waals surface area contributed by atoms with Crippen LogP contribution in [0, 0.1) is 0 Å². The molecule has 0 fully saturated rings. The zero-order chi connectivity index (χ0) is 37.5. The first-order valence-corrected chi connectivity index (χ1v) is 20.8. The van der Waals surface area contributed by atoms with Gasteiger partial charge in [0.15, 0.2) is 0 Å². The minimum atomic E-state index is 0.930. The van der Waals surface area contributed by atoms with Gasteiger partial charge in [-0.2, -0.15) is 0 Å². The first kappa shape index (κ1) is 32.3. The standard InChI is InChI=1S/C52H31N3S2/c1-2-13-33(14-3-1)52-54-44-21-8-9-22-45(44)55(52)37-27-25-32(26-28-37)34-29-35(38-18-12-19-40-39-15-5-10-23-46(39)56-50(38)40)31-36(30-34)49-48-42-17-6-11-24-47(42)57-51(48)41-16-4-7-20-43(41)53-49/h1-31H. The topological polar surface area (TPSA) is 30.7 Å². The van der Waals surface area contributed by atoms with Gasteiger partial charge in [0.1, 0.15) is 5.82 Å². The molecule has 0 N–H and O–H groups in total. The summed E-state index contributed by atoms with van der Waals surface area (Å²) in [5.41, 5.74) is 12.0. The number of thiophene rings is 2. The smallest absolute Gasteiger partial charge is 0.145 e. The second kappa shape index (κ2) is 12.8. The lowest BCUT2D eigenvalue weighted by molar-refractivity contribution is 1.10. The zero-order valence-corrected chi connectivity index (χ0v) is 32.2. The maximum Gasteiger partial charge on any atom is 0.145 e. The molecule has 0 aliphatic heterocycles. The third kappa shape index (κ3) is 5.17. The van der Waals surface area contributed by atoms with Crippen LogP contribution in [-0.2, 0) is 0 Å². The van der Waals surface area contributed by atoms with Gasteiger partial charge in [-0.15, -0.1) is 22.7 Å². The van der Waals surface area contributed by atoms with Crippen LogP contribution in [0.5, 0.6) is 0 Å². The predicted octanol–water partition coefficient (Wildman–Crippen LogP) is 15.0. The Bertz CT molecular complexity index is 3520. The maximum absolute atomic E-state index is 5.48. The summed E-state index contributed by atoms with van der Waals surface area (Å²) in [5.74, 6) is 0.930. The van der Waals surface area contributed by atoms with Crippen molar-refractivity contribution in [2.24, 2.45) is 0 Å². The number of benzene rings is 8. The summed E-state index contributed by atoms with van der Waals surface area (Å²) < 4.78 is 7.43. The molecule has 0 atom stereocenters. The van der Waals surface area contributed by atoms with E-state index in [4.69, 9.17) is 9.97 Å². The highest BCUT2D eigenvalue weighted by molar-refractivity contribution is 7.27. The van der Waals surface area contributed by atoms with Crippen LogP contribution in [0.2, 0.25) is 0 Å². The van der Waals surface area contributed by atoms with Gasteiger partial charge in [-0.25, -0.2) is 9.97 Å². The van der Waals surface area contributed by atoms with E-state index < -0.39 is 0 Å². The molecule has 0 saturated heterocycles. The lowest BCUT2D eigenvalue weighted by Gasteiger charge is -2.14. The van der Waals surface area contributed by atoms with Crippen molar-refractivity contribution >= 4 is 85.0 Å². The Balaban J connectivity index is 1.10. The highest BCUT2D eigenvalue weighted by atomic mass is 32.1. The number of nitrogens with zero attached hydrogens (tertiary/aromatic N) is 3. The number of para-hydroxylation sites is 3. The molecule has 0 aliphatic rings. The van der Waals surface area contributed by atoms with E-state index in [0.717, 1.165) is 56.0 Å². The van der Waals surface area contributed by atoms with Gasteiger partial charge in [0.25, 0.3) is 0 Å². The fourth-order valence-corrected chi connectivity index (χ4v) is 11.0. The quantitative estimate of drug-likeness (QED) is 0.175. The Morgan fingerprint density at radius 2 is 1.02 bits per heavy atom. The molecule has 0 bridgehead atoms. The van der Waals surface area contributed by atoms with Gasteiger partial charge >= 0.3 is 0 Å². The zero-order valence-electron chi connectivity index (χ0n) is 30.6. The SMILES string of the molecule is c1ccc(-c2nc3ccccc3n2-c2ccc(-c3cc(-c4cccc5c4sc4ccccc45)cc(-c4nc5ccccc5c5sc6ccccc6c45)c3)cc2)cc1. The van der Waals surface area contributed by atoms with Gasteiger partial charge in [-0.05, 0) is 82.9 Å². The number of fused-ring (bicyclic) bond motifs is 9. The normalized spacial score (nSPS) is 11.9. The van der Waals surface area contributed by atoms with Crippen LogP contribution in [0.15, 0.2) is 188 Å². The monoisotopic (exact) mass is 761 g/mol. The van der Waals surface area contributed by atoms with E-state index in [0.29, 0.717) is 0 Å². The van der Waals surface area contributed by atoms with Crippen molar-refractivity contribution in [1.29, 1.82) is 0 Å². The minimum Gasteiger partial charge on any atom is -0.292 e. The molecule has 0 amide bonds. The van der Waals surface area contributed by atoms with Crippen molar-refractivity contribution < 1.29 is 0 Å². The van der Waals surface area contributed by atoms with E-state index >= 15 is 0 Å². The summed E-state index contributed by atoms with van der Waals surface area (Å²) >= 11 is 3.73. The summed E-state index contributed by atoms with van der Waals surface area (Å²) in [6.45, 7) is 0. The molecule has 4 aromatic heterocycles. The van der Waals surface area contributed by atoms with Crippen molar-refractivity contribution in [3.8, 4) is 50.6 Å². The molecule has 12 aromatic rings. The van der Waals surface area contributed by atoms with E-state index in [2.05, 4.69) is 187 Å². The summed E-state index contributed by atoms with van der Waals surface area (Å²) in [7, 11) is 0. The van der Waals surface area contributed by atoms with Crippen LogP contribution in [0.25, 0.3) is 113 Å². The Hall–Kier alpha value is -6.92. The summed E-state index contributed by atoms with van der Waals surface area (Å²) in [5, 5.41) is 6.25. The van der Waals surface area contributed by atoms with Crippen molar-refractivity contribution in [2.75, 3.05) is 0 Å². The van der Waals surface area contributed by atoms with Crippen molar-refractivity contribution in [3.05, 3.63) is 188 Å². The molecule has 12 rings (SSSR count). The first-order valence-electron chi connectivity index (χ1n) is 19.1. The van der Waals surface area contributed by atoms with Gasteiger partial charge in [-0.3, -0.25) is 4.57 Å². The number of rotatable bonds is 5. The van der Waals surface area contributed by atoms with Crippen molar-refractivity contribution in [1.82, 2.24) is 14.5 Å². The molecule has 0 spiro atoms. The highest BCUT2D eigenvalue weighted by Gasteiger charge is 2.20. The third-order valence-corrected chi connectivity index (χ3v) is 13.6. The highest BCUT2D eigenvalue weighted by Crippen LogP contribution is 2.46. The van der Waals surface area contributed by atoms with Gasteiger partial charge in [0, 0.05) is 62.5 Å². The van der Waals surface area contributed by atoms with E-state index in [9.17, 15) is 0 Å². The lowest BCUT2D eigenvalue weighted by Crippen LogP contribution is -1.97. The number of pyridine rings is 1. The number of hydrogen-bond acceptors (Lipinski definition) is 4. The number of aromatic nitrogens is 3. The van der Waals surface area contributed by atoms with Crippen LogP contribution in [-0.4, -0.2) is 14.5 Å². The predicted molar refractivity (Wildman–Crippen MR) is 244 cm³/mol. The van der Waals surface area contributed by atoms with Gasteiger partial charge in [0.05, 0.1) is 22.2 Å². The molecule has 5 heteroatoms. The van der Waals surface area contributed by atoms with Crippen molar-refractivity contribution in [2.45, 2.75) is 0 Å². The molecule has 266 valence electrons. The second-order valence-electron chi connectivity index (χ2n) is 14.5. The van der Waals surface area contributed by atoms with Crippen LogP contribution >= 0.6 is 22.7 Å². The van der Waals surface area contributed by atoms with Gasteiger partial charge < -0.3 is 0 Å². The van der Waals surface area contributed by atoms with Crippen molar-refractivity contribution in [3.63, 3.8) is 0 Å². The van der Waals surface area contributed by atoms with Gasteiger partial charge in [-0.1, -0.05) is 127 Å². The maximum atomic E-state index is 5.48.